The molecule has 3 atom stereocenters. The highest BCUT2D eigenvalue weighted by Crippen LogP contribution is 2.28. The highest BCUT2D eigenvalue weighted by atomic mass is 16.4. The van der Waals surface area contributed by atoms with E-state index in [1.165, 1.54) is 4.90 Å². The van der Waals surface area contributed by atoms with Crippen molar-refractivity contribution < 1.29 is 19.8 Å². The van der Waals surface area contributed by atoms with Crippen LogP contribution in [0, 0.1) is 0 Å². The van der Waals surface area contributed by atoms with Gasteiger partial charge in [0, 0.05) is 25.1 Å². The minimum atomic E-state index is -1.06. The summed E-state index contributed by atoms with van der Waals surface area (Å²) >= 11 is 0. The third kappa shape index (κ3) is 2.12. The number of carboxylic acid groups (broad SMARTS) is 1. The van der Waals surface area contributed by atoms with Crippen molar-refractivity contribution in [3.05, 3.63) is 29.8 Å². The number of benzene rings is 1. The van der Waals surface area contributed by atoms with Crippen LogP contribution >= 0.6 is 0 Å². The van der Waals surface area contributed by atoms with E-state index in [1.54, 1.807) is 0 Å². The lowest BCUT2D eigenvalue weighted by Crippen LogP contribution is -2.47. The number of para-hydroxylation sites is 1. The molecule has 0 spiro atoms. The zero-order valence-corrected chi connectivity index (χ0v) is 10.8. The number of rotatable bonds is 2. The van der Waals surface area contributed by atoms with E-state index in [-0.39, 0.29) is 18.9 Å². The van der Waals surface area contributed by atoms with Crippen LogP contribution in [-0.4, -0.2) is 51.7 Å². The van der Waals surface area contributed by atoms with Crippen LogP contribution in [0.2, 0.25) is 0 Å². The minimum Gasteiger partial charge on any atom is -0.480 e. The summed E-state index contributed by atoms with van der Waals surface area (Å²) in [5.74, 6) is -1.32. The molecule has 0 radical (unpaired) electrons. The molecule has 2 aliphatic heterocycles. The van der Waals surface area contributed by atoms with Gasteiger partial charge in [0.1, 0.15) is 12.1 Å². The number of fused-ring (bicyclic) bond motifs is 1. The smallest absolute Gasteiger partial charge is 0.326 e. The molecular weight excluding hydrogens is 260 g/mol. The quantitative estimate of drug-likeness (QED) is 0.711. The number of carbonyl (C=O) groups excluding carboxylic acids is 1. The van der Waals surface area contributed by atoms with Gasteiger partial charge in [-0.05, 0) is 11.6 Å². The molecule has 6 heteroatoms. The zero-order valence-electron chi connectivity index (χ0n) is 10.8. The summed E-state index contributed by atoms with van der Waals surface area (Å²) in [4.78, 5) is 24.9. The zero-order chi connectivity index (χ0) is 14.3. The maximum atomic E-state index is 12.5. The number of anilines is 1. The summed E-state index contributed by atoms with van der Waals surface area (Å²) in [6.07, 6.45) is -0.113. The first kappa shape index (κ1) is 12.9. The number of carbonyl (C=O) groups is 2. The van der Waals surface area contributed by atoms with Gasteiger partial charge < -0.3 is 20.4 Å². The van der Waals surface area contributed by atoms with Crippen molar-refractivity contribution in [2.45, 2.75) is 31.0 Å². The van der Waals surface area contributed by atoms with E-state index in [0.29, 0.717) is 6.42 Å². The van der Waals surface area contributed by atoms with Crippen molar-refractivity contribution in [3.8, 4) is 0 Å². The molecule has 3 N–H and O–H groups in total. The fourth-order valence-electron chi connectivity index (χ4n) is 2.94. The first-order valence-corrected chi connectivity index (χ1v) is 6.62. The summed E-state index contributed by atoms with van der Waals surface area (Å²) in [5.41, 5.74) is 1.97. The molecule has 20 heavy (non-hydrogen) atoms. The number of nitrogens with zero attached hydrogens (tertiary/aromatic N) is 1. The summed E-state index contributed by atoms with van der Waals surface area (Å²) in [7, 11) is 0. The predicted molar refractivity (Wildman–Crippen MR) is 71.3 cm³/mol. The van der Waals surface area contributed by atoms with E-state index in [9.17, 15) is 14.7 Å². The van der Waals surface area contributed by atoms with Crippen LogP contribution < -0.4 is 5.32 Å². The lowest BCUT2D eigenvalue weighted by atomic mass is 10.1. The van der Waals surface area contributed by atoms with Gasteiger partial charge in [-0.25, -0.2) is 4.79 Å². The molecule has 0 saturated carbocycles. The number of aliphatic hydroxyl groups excluding tert-OH is 1. The van der Waals surface area contributed by atoms with E-state index in [4.69, 9.17) is 5.11 Å². The van der Waals surface area contributed by atoms with Crippen LogP contribution in [0.25, 0.3) is 0 Å². The van der Waals surface area contributed by atoms with Crippen molar-refractivity contribution in [1.82, 2.24) is 4.90 Å². The van der Waals surface area contributed by atoms with Crippen LogP contribution in [0.5, 0.6) is 0 Å². The van der Waals surface area contributed by atoms with E-state index >= 15 is 0 Å². The maximum Gasteiger partial charge on any atom is 0.326 e. The standard InChI is InChI=1S/C14H16N2O4/c17-9-6-12(14(19)20)16(7-9)13(18)11-5-8-3-1-2-4-10(8)15-11/h1-4,9,11-12,15,17H,5-7H2,(H,19,20)/t9-,11-,12-/m0/s1. The first-order chi connectivity index (χ1) is 9.56. The molecule has 106 valence electrons. The highest BCUT2D eigenvalue weighted by molar-refractivity contribution is 5.91. The summed E-state index contributed by atoms with van der Waals surface area (Å²) < 4.78 is 0. The second-order valence-corrected chi connectivity index (χ2v) is 5.29. The summed E-state index contributed by atoms with van der Waals surface area (Å²) in [5, 5.41) is 21.9. The molecule has 3 rings (SSSR count). The average Bonchev–Trinajstić information content (AvgIpc) is 3.01. The number of likely N-dealkylation sites (tertiary alicyclic amines) is 1. The van der Waals surface area contributed by atoms with Gasteiger partial charge in [-0.1, -0.05) is 18.2 Å². The monoisotopic (exact) mass is 276 g/mol. The van der Waals surface area contributed by atoms with Gasteiger partial charge in [0.15, 0.2) is 0 Å². The Morgan fingerprint density at radius 3 is 2.75 bits per heavy atom. The Balaban J connectivity index is 1.76. The average molecular weight is 276 g/mol. The van der Waals surface area contributed by atoms with Gasteiger partial charge >= 0.3 is 5.97 Å². The number of amides is 1. The van der Waals surface area contributed by atoms with E-state index in [1.807, 2.05) is 24.3 Å². The lowest BCUT2D eigenvalue weighted by molar-refractivity contribution is -0.148. The van der Waals surface area contributed by atoms with Crippen molar-refractivity contribution in [1.29, 1.82) is 0 Å². The van der Waals surface area contributed by atoms with E-state index in [0.717, 1.165) is 11.3 Å². The molecular formula is C14H16N2O4. The number of hydrogen-bond acceptors (Lipinski definition) is 4. The summed E-state index contributed by atoms with van der Waals surface area (Å²) in [6, 6.07) is 6.27. The molecule has 1 fully saturated rings. The number of β-amino-alcohol motifs (C(OH)–C–C–N with tert-alkyl or cyclic N) is 1. The molecule has 1 saturated heterocycles. The topological polar surface area (TPSA) is 89.9 Å². The normalized spacial score (nSPS) is 28.1. The minimum absolute atomic E-state index is 0.0876. The molecule has 1 aromatic rings. The van der Waals surface area contributed by atoms with Gasteiger partial charge in [0.2, 0.25) is 5.91 Å². The molecule has 1 aromatic carbocycles. The Hall–Kier alpha value is -2.08. The SMILES string of the molecule is O=C(O)[C@@H]1C[C@H](O)CN1C(=O)[C@@H]1Cc2ccccc2N1. The van der Waals surface area contributed by atoms with Gasteiger partial charge in [-0.3, -0.25) is 4.79 Å². The lowest BCUT2D eigenvalue weighted by Gasteiger charge is -2.24. The molecule has 2 heterocycles. The molecule has 6 nitrogen and oxygen atoms in total. The largest absolute Gasteiger partial charge is 0.480 e. The molecule has 0 bridgehead atoms. The first-order valence-electron chi connectivity index (χ1n) is 6.62. The molecule has 1 amide bonds. The van der Waals surface area contributed by atoms with Gasteiger partial charge in [-0.15, -0.1) is 0 Å². The Morgan fingerprint density at radius 2 is 2.05 bits per heavy atom. The molecule has 2 aliphatic rings. The van der Waals surface area contributed by atoms with E-state index < -0.39 is 24.2 Å². The number of hydrogen-bond donors (Lipinski definition) is 3. The second-order valence-electron chi connectivity index (χ2n) is 5.29. The third-order valence-electron chi connectivity index (χ3n) is 3.92. The van der Waals surface area contributed by atoms with Crippen LogP contribution in [0.1, 0.15) is 12.0 Å². The Bertz CT molecular complexity index is 535. The predicted octanol–water partition coefficient (Wildman–Crippen LogP) is 0.0696. The van der Waals surface area contributed by atoms with Crippen LogP contribution in [0.4, 0.5) is 5.69 Å². The fraction of sp³-hybridized carbons (Fsp3) is 0.429. The highest BCUT2D eigenvalue weighted by Gasteiger charge is 2.42. The van der Waals surface area contributed by atoms with E-state index in [2.05, 4.69) is 5.32 Å². The number of aliphatic hydroxyl groups is 1. The number of nitrogens with one attached hydrogen (secondary N) is 1. The van der Waals surface area contributed by atoms with Gasteiger partial charge in [0.05, 0.1) is 6.10 Å². The van der Waals surface area contributed by atoms with Gasteiger partial charge in [0.25, 0.3) is 0 Å². The molecule has 0 aliphatic carbocycles. The van der Waals surface area contributed by atoms with Crippen molar-refractivity contribution >= 4 is 17.6 Å². The van der Waals surface area contributed by atoms with Crippen LogP contribution in [0.3, 0.4) is 0 Å². The maximum absolute atomic E-state index is 12.5. The molecule has 0 aromatic heterocycles. The Morgan fingerprint density at radius 1 is 1.30 bits per heavy atom. The Kier molecular flexibility index (Phi) is 3.10. The fourth-order valence-corrected chi connectivity index (χ4v) is 2.94. The van der Waals surface area contributed by atoms with Crippen LogP contribution in [-0.2, 0) is 16.0 Å². The van der Waals surface area contributed by atoms with Crippen LogP contribution in [0.15, 0.2) is 24.3 Å². The summed E-state index contributed by atoms with van der Waals surface area (Å²) in [6.45, 7) is 0.0876. The van der Waals surface area contributed by atoms with Crippen molar-refractivity contribution in [2.75, 3.05) is 11.9 Å². The van der Waals surface area contributed by atoms with Crippen molar-refractivity contribution in [2.24, 2.45) is 0 Å². The second kappa shape index (κ2) is 4.79. The van der Waals surface area contributed by atoms with Crippen molar-refractivity contribution in [3.63, 3.8) is 0 Å². The Labute approximate surface area is 116 Å². The number of aliphatic carboxylic acids is 1. The van der Waals surface area contributed by atoms with Gasteiger partial charge in [-0.2, -0.15) is 0 Å². The third-order valence-corrected chi connectivity index (χ3v) is 3.92. The number of carboxylic acids is 1. The molecule has 0 unspecified atom stereocenters.